The van der Waals surface area contributed by atoms with Gasteiger partial charge in [0.2, 0.25) is 0 Å². The first-order valence-corrected chi connectivity index (χ1v) is 5.44. The molecule has 3 nitrogen and oxygen atoms in total. The molecule has 3 heteroatoms. The molecule has 0 heterocycles. The summed E-state index contributed by atoms with van der Waals surface area (Å²) in [5, 5.41) is 0. The van der Waals surface area contributed by atoms with Crippen LogP contribution in [0.1, 0.15) is 31.9 Å². The molecular weight excluding hydrogens is 202 g/mol. The Morgan fingerprint density at radius 3 is 2.44 bits per heavy atom. The Morgan fingerprint density at radius 2 is 1.88 bits per heavy atom. The number of benzene rings is 1. The maximum Gasteiger partial charge on any atom is 0.123 e. The van der Waals surface area contributed by atoms with Gasteiger partial charge in [0.25, 0.3) is 0 Å². The minimum atomic E-state index is -0.222. The van der Waals surface area contributed by atoms with Gasteiger partial charge in [-0.25, -0.2) is 0 Å². The van der Waals surface area contributed by atoms with Crippen molar-refractivity contribution in [3.8, 4) is 5.75 Å². The first-order chi connectivity index (χ1) is 7.50. The molecule has 1 aromatic rings. The molecule has 0 aliphatic carbocycles. The second-order valence-corrected chi connectivity index (χ2v) is 4.52. The fourth-order valence-electron chi connectivity index (χ4n) is 1.70. The molecule has 0 aliphatic rings. The number of methoxy groups -OCH3 is 2. The number of rotatable bonds is 5. The van der Waals surface area contributed by atoms with E-state index in [0.717, 1.165) is 17.7 Å². The Balaban J connectivity index is 2.84. The van der Waals surface area contributed by atoms with E-state index >= 15 is 0 Å². The van der Waals surface area contributed by atoms with Gasteiger partial charge in [-0.3, -0.25) is 0 Å². The van der Waals surface area contributed by atoms with Gasteiger partial charge >= 0.3 is 0 Å². The lowest BCUT2D eigenvalue weighted by Gasteiger charge is -2.27. The molecule has 1 atom stereocenters. The van der Waals surface area contributed by atoms with Crippen LogP contribution in [-0.4, -0.2) is 19.8 Å². The van der Waals surface area contributed by atoms with Gasteiger partial charge in [0, 0.05) is 18.7 Å². The van der Waals surface area contributed by atoms with Gasteiger partial charge in [-0.15, -0.1) is 0 Å². The van der Waals surface area contributed by atoms with E-state index in [2.05, 4.69) is 0 Å². The number of hydrogen-bond donors (Lipinski definition) is 1. The zero-order valence-electron chi connectivity index (χ0n) is 10.5. The molecule has 0 bridgehead atoms. The minimum absolute atomic E-state index is 0.0777. The molecule has 0 spiro atoms. The summed E-state index contributed by atoms with van der Waals surface area (Å²) in [6.45, 7) is 4.06. The summed E-state index contributed by atoms with van der Waals surface area (Å²) < 4.78 is 10.7. The fourth-order valence-corrected chi connectivity index (χ4v) is 1.70. The summed E-state index contributed by atoms with van der Waals surface area (Å²) in [6.07, 6.45) is 0.754. The number of ether oxygens (including phenoxy) is 2. The van der Waals surface area contributed by atoms with E-state index in [1.807, 2.05) is 38.1 Å². The van der Waals surface area contributed by atoms with Crippen LogP contribution >= 0.6 is 0 Å². The highest BCUT2D eigenvalue weighted by molar-refractivity contribution is 5.35. The smallest absolute Gasteiger partial charge is 0.123 e. The summed E-state index contributed by atoms with van der Waals surface area (Å²) in [4.78, 5) is 0. The Kier molecular flexibility index (Phi) is 4.33. The molecule has 2 N–H and O–H groups in total. The molecule has 1 aromatic carbocycles. The van der Waals surface area contributed by atoms with Gasteiger partial charge in [0.15, 0.2) is 0 Å². The van der Waals surface area contributed by atoms with Crippen molar-refractivity contribution in [1.82, 2.24) is 0 Å². The Labute approximate surface area is 97.6 Å². The topological polar surface area (TPSA) is 44.5 Å². The molecule has 0 amide bonds. The zero-order valence-corrected chi connectivity index (χ0v) is 10.5. The van der Waals surface area contributed by atoms with Crippen molar-refractivity contribution in [1.29, 1.82) is 0 Å². The van der Waals surface area contributed by atoms with Crippen LogP contribution in [0.4, 0.5) is 0 Å². The second-order valence-electron chi connectivity index (χ2n) is 4.52. The fraction of sp³-hybridized carbons (Fsp3) is 0.538. The van der Waals surface area contributed by atoms with Crippen LogP contribution in [0.5, 0.6) is 5.75 Å². The van der Waals surface area contributed by atoms with Gasteiger partial charge in [-0.2, -0.15) is 0 Å². The Hall–Kier alpha value is -1.06. The first-order valence-electron chi connectivity index (χ1n) is 5.44. The van der Waals surface area contributed by atoms with Gasteiger partial charge in [0.1, 0.15) is 5.75 Å². The number of hydrogen-bond acceptors (Lipinski definition) is 3. The second kappa shape index (κ2) is 5.32. The van der Waals surface area contributed by atoms with Crippen LogP contribution in [0, 0.1) is 0 Å². The van der Waals surface area contributed by atoms with Crippen molar-refractivity contribution < 1.29 is 9.47 Å². The van der Waals surface area contributed by atoms with E-state index in [9.17, 15) is 0 Å². The van der Waals surface area contributed by atoms with Crippen molar-refractivity contribution in [3.63, 3.8) is 0 Å². The largest absolute Gasteiger partial charge is 0.496 e. The summed E-state index contributed by atoms with van der Waals surface area (Å²) in [6, 6.07) is 7.75. The number of para-hydroxylation sites is 1. The standard InChI is InChI=1S/C13H21NO2/c1-13(2,16-4)9-11(14)10-7-5-6-8-12(10)15-3/h5-8,11H,9,14H2,1-4H3. The van der Waals surface area contributed by atoms with Crippen LogP contribution in [0.2, 0.25) is 0 Å². The molecule has 90 valence electrons. The van der Waals surface area contributed by atoms with Gasteiger partial charge in [-0.1, -0.05) is 18.2 Å². The Bertz CT molecular complexity index is 336. The maximum absolute atomic E-state index is 6.17. The average Bonchev–Trinajstić information content (AvgIpc) is 2.28. The van der Waals surface area contributed by atoms with Crippen LogP contribution in [0.25, 0.3) is 0 Å². The molecular formula is C13H21NO2. The highest BCUT2D eigenvalue weighted by Crippen LogP contribution is 2.29. The first kappa shape index (κ1) is 13.0. The molecule has 0 aromatic heterocycles. The van der Waals surface area contributed by atoms with E-state index in [0.29, 0.717) is 0 Å². The zero-order chi connectivity index (χ0) is 12.2. The van der Waals surface area contributed by atoms with E-state index < -0.39 is 0 Å². The van der Waals surface area contributed by atoms with Crippen LogP contribution in [-0.2, 0) is 4.74 Å². The molecule has 0 saturated carbocycles. The number of nitrogens with two attached hydrogens (primary N) is 1. The molecule has 0 fully saturated rings. The third-order valence-electron chi connectivity index (χ3n) is 2.80. The van der Waals surface area contributed by atoms with Gasteiger partial charge in [0.05, 0.1) is 12.7 Å². The maximum atomic E-state index is 6.17. The normalized spacial score (nSPS) is 13.6. The molecule has 1 rings (SSSR count). The molecule has 16 heavy (non-hydrogen) atoms. The van der Waals surface area contributed by atoms with E-state index in [1.54, 1.807) is 14.2 Å². The lowest BCUT2D eigenvalue weighted by Crippen LogP contribution is -2.28. The van der Waals surface area contributed by atoms with E-state index in [-0.39, 0.29) is 11.6 Å². The SMILES string of the molecule is COc1ccccc1C(N)CC(C)(C)OC. The third-order valence-corrected chi connectivity index (χ3v) is 2.80. The summed E-state index contributed by atoms with van der Waals surface area (Å²) in [7, 11) is 3.36. The molecule has 0 saturated heterocycles. The highest BCUT2D eigenvalue weighted by atomic mass is 16.5. The minimum Gasteiger partial charge on any atom is -0.496 e. The van der Waals surface area contributed by atoms with Crippen LogP contribution in [0.15, 0.2) is 24.3 Å². The van der Waals surface area contributed by atoms with Crippen molar-refractivity contribution in [2.75, 3.05) is 14.2 Å². The lowest BCUT2D eigenvalue weighted by atomic mass is 9.94. The third kappa shape index (κ3) is 3.22. The van der Waals surface area contributed by atoms with Crippen LogP contribution in [0.3, 0.4) is 0 Å². The lowest BCUT2D eigenvalue weighted by molar-refractivity contribution is 0.00982. The van der Waals surface area contributed by atoms with Crippen molar-refractivity contribution in [2.45, 2.75) is 31.9 Å². The predicted octanol–water partition coefficient (Wildman–Crippen LogP) is 2.51. The molecule has 1 unspecified atom stereocenters. The summed E-state index contributed by atoms with van der Waals surface area (Å²) >= 11 is 0. The van der Waals surface area contributed by atoms with Crippen LogP contribution < -0.4 is 10.5 Å². The van der Waals surface area contributed by atoms with E-state index in [1.165, 1.54) is 0 Å². The van der Waals surface area contributed by atoms with Crippen molar-refractivity contribution in [2.24, 2.45) is 5.73 Å². The monoisotopic (exact) mass is 223 g/mol. The quantitative estimate of drug-likeness (QED) is 0.834. The van der Waals surface area contributed by atoms with Gasteiger partial charge in [-0.05, 0) is 26.3 Å². The average molecular weight is 223 g/mol. The predicted molar refractivity (Wildman–Crippen MR) is 65.6 cm³/mol. The molecule has 0 radical (unpaired) electrons. The van der Waals surface area contributed by atoms with Crippen molar-refractivity contribution in [3.05, 3.63) is 29.8 Å². The summed E-state index contributed by atoms with van der Waals surface area (Å²) in [5.41, 5.74) is 6.97. The summed E-state index contributed by atoms with van der Waals surface area (Å²) in [5.74, 6) is 0.835. The molecule has 0 aliphatic heterocycles. The van der Waals surface area contributed by atoms with E-state index in [4.69, 9.17) is 15.2 Å². The van der Waals surface area contributed by atoms with Gasteiger partial charge < -0.3 is 15.2 Å². The Morgan fingerprint density at radius 1 is 1.25 bits per heavy atom. The van der Waals surface area contributed by atoms with Crippen molar-refractivity contribution >= 4 is 0 Å². The highest BCUT2D eigenvalue weighted by Gasteiger charge is 2.23.